The molecule has 0 heterocycles. The van der Waals surface area contributed by atoms with Gasteiger partial charge in [-0.25, -0.2) is 4.79 Å². The van der Waals surface area contributed by atoms with Gasteiger partial charge in [0.05, 0.1) is 6.61 Å². The van der Waals surface area contributed by atoms with Crippen LogP contribution in [0.3, 0.4) is 0 Å². The Kier molecular flexibility index (Phi) is 4.71. The minimum Gasteiger partial charge on any atom is -0.450 e. The maximum Gasteiger partial charge on any atom is 0.505 e. The fraction of sp³-hybridized carbons (Fsp3) is 0.182. The van der Waals surface area contributed by atoms with Crippen molar-refractivity contribution < 1.29 is 14.6 Å². The number of hydrogen-bond donors (Lipinski definition) is 1. The first-order valence-electron chi connectivity index (χ1n) is 4.46. The standard InChI is InChI=1S/C11H11ClO3/c12-10-6-4-9(5-7-10)3-1-2-8-15-11(13)14/h1,3-7H,2,8H2,(H,13,14). The molecule has 0 unspecified atom stereocenters. The molecule has 4 heteroatoms. The molecule has 80 valence electrons. The second-order valence-corrected chi connectivity index (χ2v) is 3.29. The molecule has 0 atom stereocenters. The van der Waals surface area contributed by atoms with E-state index in [1.54, 1.807) is 12.1 Å². The number of hydrogen-bond acceptors (Lipinski definition) is 2. The van der Waals surface area contributed by atoms with Gasteiger partial charge in [-0.05, 0) is 24.1 Å². The van der Waals surface area contributed by atoms with Crippen molar-refractivity contribution in [3.63, 3.8) is 0 Å². The Morgan fingerprint density at radius 2 is 2.07 bits per heavy atom. The van der Waals surface area contributed by atoms with Gasteiger partial charge >= 0.3 is 6.16 Å². The third kappa shape index (κ3) is 5.08. The summed E-state index contributed by atoms with van der Waals surface area (Å²) < 4.78 is 4.34. The molecule has 0 fully saturated rings. The summed E-state index contributed by atoms with van der Waals surface area (Å²) in [4.78, 5) is 10.0. The van der Waals surface area contributed by atoms with E-state index in [0.29, 0.717) is 11.4 Å². The molecule has 0 radical (unpaired) electrons. The number of benzene rings is 1. The van der Waals surface area contributed by atoms with Crippen LogP contribution in [0.4, 0.5) is 4.79 Å². The second-order valence-electron chi connectivity index (χ2n) is 2.86. The molecule has 1 rings (SSSR count). The molecule has 3 nitrogen and oxygen atoms in total. The van der Waals surface area contributed by atoms with Crippen LogP contribution in [0.5, 0.6) is 0 Å². The summed E-state index contributed by atoms with van der Waals surface area (Å²) in [7, 11) is 0. The molecule has 0 saturated heterocycles. The predicted molar refractivity (Wildman–Crippen MR) is 59.1 cm³/mol. The molecule has 1 aromatic rings. The minimum atomic E-state index is -1.24. The van der Waals surface area contributed by atoms with E-state index < -0.39 is 6.16 Å². The van der Waals surface area contributed by atoms with E-state index in [-0.39, 0.29) is 6.61 Å². The normalized spacial score (nSPS) is 10.5. The number of rotatable bonds is 4. The number of ether oxygens (including phenoxy) is 1. The van der Waals surface area contributed by atoms with Crippen molar-refractivity contribution in [1.29, 1.82) is 0 Å². The molecule has 0 aliphatic carbocycles. The summed E-state index contributed by atoms with van der Waals surface area (Å²) in [5.74, 6) is 0. The number of carboxylic acid groups (broad SMARTS) is 1. The highest BCUT2D eigenvalue weighted by molar-refractivity contribution is 6.30. The van der Waals surface area contributed by atoms with E-state index in [0.717, 1.165) is 5.56 Å². The van der Waals surface area contributed by atoms with Crippen LogP contribution in [-0.2, 0) is 4.74 Å². The van der Waals surface area contributed by atoms with Crippen LogP contribution in [0.1, 0.15) is 12.0 Å². The van der Waals surface area contributed by atoms with E-state index in [2.05, 4.69) is 4.74 Å². The first-order valence-corrected chi connectivity index (χ1v) is 4.84. The largest absolute Gasteiger partial charge is 0.505 e. The molecule has 0 amide bonds. The highest BCUT2D eigenvalue weighted by Gasteiger charge is 1.92. The Morgan fingerprint density at radius 3 is 2.67 bits per heavy atom. The quantitative estimate of drug-likeness (QED) is 0.632. The van der Waals surface area contributed by atoms with Gasteiger partial charge in [0.2, 0.25) is 0 Å². The Labute approximate surface area is 92.9 Å². The van der Waals surface area contributed by atoms with Gasteiger partial charge in [-0.3, -0.25) is 0 Å². The van der Waals surface area contributed by atoms with E-state index >= 15 is 0 Å². The van der Waals surface area contributed by atoms with Gasteiger partial charge < -0.3 is 9.84 Å². The summed E-state index contributed by atoms with van der Waals surface area (Å²) in [5, 5.41) is 8.90. The number of halogens is 1. The highest BCUT2D eigenvalue weighted by Crippen LogP contribution is 2.10. The van der Waals surface area contributed by atoms with Gasteiger partial charge in [-0.2, -0.15) is 0 Å². The molecule has 0 bridgehead atoms. The smallest absolute Gasteiger partial charge is 0.450 e. The van der Waals surface area contributed by atoms with Crippen molar-refractivity contribution in [2.24, 2.45) is 0 Å². The Balaban J connectivity index is 2.32. The summed E-state index contributed by atoms with van der Waals surface area (Å²) in [6, 6.07) is 7.37. The molecule has 0 spiro atoms. The Bertz CT molecular complexity index is 343. The Hall–Kier alpha value is -1.48. The third-order valence-electron chi connectivity index (χ3n) is 1.69. The van der Waals surface area contributed by atoms with Crippen molar-refractivity contribution in [2.45, 2.75) is 6.42 Å². The van der Waals surface area contributed by atoms with Gasteiger partial charge in [-0.15, -0.1) is 0 Å². The highest BCUT2D eigenvalue weighted by atomic mass is 35.5. The van der Waals surface area contributed by atoms with Crippen molar-refractivity contribution >= 4 is 23.8 Å². The second kappa shape index (κ2) is 6.09. The van der Waals surface area contributed by atoms with Gasteiger partial charge in [-0.1, -0.05) is 35.9 Å². The average molecular weight is 227 g/mol. The molecular formula is C11H11ClO3. The monoisotopic (exact) mass is 226 g/mol. The van der Waals surface area contributed by atoms with Gasteiger partial charge in [0.15, 0.2) is 0 Å². The molecule has 15 heavy (non-hydrogen) atoms. The van der Waals surface area contributed by atoms with Crippen LogP contribution in [-0.4, -0.2) is 17.9 Å². The van der Waals surface area contributed by atoms with Crippen molar-refractivity contribution in [2.75, 3.05) is 6.61 Å². The van der Waals surface area contributed by atoms with Crippen LogP contribution in [0.2, 0.25) is 5.02 Å². The molecule has 0 aliphatic heterocycles. The summed E-state index contributed by atoms with van der Waals surface area (Å²) >= 11 is 5.72. The first kappa shape index (κ1) is 11.6. The molecular weight excluding hydrogens is 216 g/mol. The molecule has 1 aromatic carbocycles. The van der Waals surface area contributed by atoms with Crippen molar-refractivity contribution in [3.05, 3.63) is 40.9 Å². The average Bonchev–Trinajstić information content (AvgIpc) is 2.20. The van der Waals surface area contributed by atoms with E-state index in [9.17, 15) is 4.79 Å². The van der Waals surface area contributed by atoms with Crippen LogP contribution in [0, 0.1) is 0 Å². The summed E-state index contributed by atoms with van der Waals surface area (Å²) in [5.41, 5.74) is 1.02. The van der Waals surface area contributed by atoms with E-state index in [1.807, 2.05) is 24.3 Å². The summed E-state index contributed by atoms with van der Waals surface area (Å²) in [6.07, 6.45) is 3.07. The number of carbonyl (C=O) groups is 1. The molecule has 0 aromatic heterocycles. The molecule has 1 N–H and O–H groups in total. The lowest BCUT2D eigenvalue weighted by Crippen LogP contribution is -2.00. The van der Waals surface area contributed by atoms with Gasteiger partial charge in [0, 0.05) is 5.02 Å². The lowest BCUT2D eigenvalue weighted by Gasteiger charge is -1.96. The van der Waals surface area contributed by atoms with E-state index in [1.165, 1.54) is 0 Å². The fourth-order valence-electron chi connectivity index (χ4n) is 1.01. The third-order valence-corrected chi connectivity index (χ3v) is 1.94. The predicted octanol–water partition coefficient (Wildman–Crippen LogP) is 3.44. The van der Waals surface area contributed by atoms with Crippen LogP contribution >= 0.6 is 11.6 Å². The van der Waals surface area contributed by atoms with E-state index in [4.69, 9.17) is 16.7 Å². The lowest BCUT2D eigenvalue weighted by atomic mass is 10.2. The van der Waals surface area contributed by atoms with Crippen molar-refractivity contribution in [1.82, 2.24) is 0 Å². The lowest BCUT2D eigenvalue weighted by molar-refractivity contribution is 0.0933. The molecule has 0 aliphatic rings. The maximum atomic E-state index is 10.0. The van der Waals surface area contributed by atoms with Crippen LogP contribution in [0.25, 0.3) is 6.08 Å². The van der Waals surface area contributed by atoms with Gasteiger partial charge in [0.25, 0.3) is 0 Å². The van der Waals surface area contributed by atoms with Crippen LogP contribution in [0.15, 0.2) is 30.3 Å². The first-order chi connectivity index (χ1) is 7.18. The topological polar surface area (TPSA) is 46.5 Å². The summed E-state index contributed by atoms with van der Waals surface area (Å²) in [6.45, 7) is 0.180. The fourth-order valence-corrected chi connectivity index (χ4v) is 1.13. The zero-order valence-electron chi connectivity index (χ0n) is 8.02. The SMILES string of the molecule is O=C(O)OCCC=Cc1ccc(Cl)cc1. The van der Waals surface area contributed by atoms with Crippen molar-refractivity contribution in [3.8, 4) is 0 Å². The van der Waals surface area contributed by atoms with Gasteiger partial charge in [0.1, 0.15) is 0 Å². The van der Waals surface area contributed by atoms with Crippen LogP contribution < -0.4 is 0 Å². The minimum absolute atomic E-state index is 0.180. The molecule has 0 saturated carbocycles. The zero-order valence-corrected chi connectivity index (χ0v) is 8.78. The Morgan fingerprint density at radius 1 is 1.40 bits per heavy atom. The zero-order chi connectivity index (χ0) is 11.1. The maximum absolute atomic E-state index is 10.0.